The third kappa shape index (κ3) is 1.000. The Morgan fingerprint density at radius 1 is 1.89 bits per heavy atom. The fraction of sp³-hybridized carbons (Fsp3) is 0.167. The van der Waals surface area contributed by atoms with Crippen LogP contribution in [0.1, 0.15) is 5.69 Å². The van der Waals surface area contributed by atoms with Crippen molar-refractivity contribution in [3.8, 4) is 0 Å². The Kier molecular flexibility index (Phi) is 1.65. The average molecular weight is 123 g/mol. The normalized spacial score (nSPS) is 9.44. The summed E-state index contributed by atoms with van der Waals surface area (Å²) >= 11 is 0. The van der Waals surface area contributed by atoms with Gasteiger partial charge >= 0.3 is 0 Å². The Hall–Kier alpha value is -1.09. The van der Waals surface area contributed by atoms with Crippen LogP contribution < -0.4 is 5.73 Å². The SMILES string of the molecule is C=Cn1nccc1CN. The number of aromatic nitrogens is 2. The minimum atomic E-state index is 0.506. The Labute approximate surface area is 53.8 Å². The van der Waals surface area contributed by atoms with E-state index in [-0.39, 0.29) is 0 Å². The van der Waals surface area contributed by atoms with Crippen LogP contribution in [-0.2, 0) is 6.54 Å². The van der Waals surface area contributed by atoms with Crippen molar-refractivity contribution in [2.24, 2.45) is 5.73 Å². The summed E-state index contributed by atoms with van der Waals surface area (Å²) in [5.74, 6) is 0. The number of nitrogens with zero attached hydrogens (tertiary/aromatic N) is 2. The first-order valence-corrected chi connectivity index (χ1v) is 2.73. The maximum Gasteiger partial charge on any atom is 0.0571 e. The number of rotatable bonds is 2. The van der Waals surface area contributed by atoms with Crippen molar-refractivity contribution in [1.82, 2.24) is 9.78 Å². The molecular formula is C6H9N3. The van der Waals surface area contributed by atoms with E-state index >= 15 is 0 Å². The van der Waals surface area contributed by atoms with Crippen molar-refractivity contribution in [2.45, 2.75) is 6.54 Å². The Morgan fingerprint density at radius 2 is 2.67 bits per heavy atom. The van der Waals surface area contributed by atoms with Crippen LogP contribution in [0.25, 0.3) is 6.20 Å². The molecule has 48 valence electrons. The van der Waals surface area contributed by atoms with E-state index in [9.17, 15) is 0 Å². The van der Waals surface area contributed by atoms with Gasteiger partial charge in [-0.15, -0.1) is 0 Å². The van der Waals surface area contributed by atoms with Crippen molar-refractivity contribution in [1.29, 1.82) is 0 Å². The zero-order valence-corrected chi connectivity index (χ0v) is 5.12. The van der Waals surface area contributed by atoms with Crippen molar-refractivity contribution in [3.05, 3.63) is 24.5 Å². The van der Waals surface area contributed by atoms with Crippen molar-refractivity contribution >= 4 is 6.20 Å². The molecule has 1 rings (SSSR count). The fourth-order valence-corrected chi connectivity index (χ4v) is 0.668. The molecule has 1 aromatic rings. The highest BCUT2D eigenvalue weighted by atomic mass is 15.3. The van der Waals surface area contributed by atoms with Crippen LogP contribution in [0.15, 0.2) is 18.8 Å². The second-order valence-electron chi connectivity index (χ2n) is 1.65. The lowest BCUT2D eigenvalue weighted by Gasteiger charge is -1.94. The number of hydrogen-bond acceptors (Lipinski definition) is 2. The summed E-state index contributed by atoms with van der Waals surface area (Å²) in [4.78, 5) is 0. The van der Waals surface area contributed by atoms with E-state index in [4.69, 9.17) is 5.73 Å². The zero-order valence-electron chi connectivity index (χ0n) is 5.12. The number of nitrogens with two attached hydrogens (primary N) is 1. The van der Waals surface area contributed by atoms with Gasteiger partial charge in [-0.3, -0.25) is 0 Å². The molecule has 1 heterocycles. The monoisotopic (exact) mass is 123 g/mol. The molecule has 3 heteroatoms. The summed E-state index contributed by atoms with van der Waals surface area (Å²) in [6.45, 7) is 4.06. The molecule has 0 aromatic carbocycles. The first kappa shape index (κ1) is 6.04. The lowest BCUT2D eigenvalue weighted by Crippen LogP contribution is -2.02. The van der Waals surface area contributed by atoms with Crippen molar-refractivity contribution in [3.63, 3.8) is 0 Å². The molecular weight excluding hydrogens is 114 g/mol. The van der Waals surface area contributed by atoms with Crippen LogP contribution >= 0.6 is 0 Å². The highest BCUT2D eigenvalue weighted by molar-refractivity contribution is 5.19. The molecule has 1 aromatic heterocycles. The molecule has 0 unspecified atom stereocenters. The van der Waals surface area contributed by atoms with Gasteiger partial charge in [0.1, 0.15) is 0 Å². The van der Waals surface area contributed by atoms with Crippen LogP contribution in [0.2, 0.25) is 0 Å². The largest absolute Gasteiger partial charge is 0.325 e. The van der Waals surface area contributed by atoms with E-state index in [2.05, 4.69) is 11.7 Å². The summed E-state index contributed by atoms with van der Waals surface area (Å²) in [5, 5.41) is 3.92. The third-order valence-corrected chi connectivity index (χ3v) is 1.13. The Bertz CT molecular complexity index is 202. The molecule has 0 aliphatic carbocycles. The lowest BCUT2D eigenvalue weighted by molar-refractivity contribution is 0.844. The standard InChI is InChI=1S/C6H9N3/c1-2-9-6(5-7)3-4-8-9/h2-4H,1,5,7H2. The van der Waals surface area contributed by atoms with Gasteiger partial charge in [0.2, 0.25) is 0 Å². The van der Waals surface area contributed by atoms with Gasteiger partial charge in [0.05, 0.1) is 5.69 Å². The predicted octanol–water partition coefficient (Wildman–Crippen LogP) is 0.442. The summed E-state index contributed by atoms with van der Waals surface area (Å²) < 4.78 is 1.65. The molecule has 0 amide bonds. The third-order valence-electron chi connectivity index (χ3n) is 1.13. The van der Waals surface area contributed by atoms with Crippen LogP contribution in [0.4, 0.5) is 0 Å². The van der Waals surface area contributed by atoms with Crippen molar-refractivity contribution < 1.29 is 0 Å². The van der Waals surface area contributed by atoms with E-state index in [0.29, 0.717) is 6.54 Å². The minimum Gasteiger partial charge on any atom is -0.325 e. The molecule has 0 radical (unpaired) electrons. The number of hydrogen-bond donors (Lipinski definition) is 1. The predicted molar refractivity (Wildman–Crippen MR) is 36.5 cm³/mol. The summed E-state index contributed by atoms with van der Waals surface area (Å²) in [5.41, 5.74) is 6.34. The van der Waals surface area contributed by atoms with Gasteiger partial charge in [0.25, 0.3) is 0 Å². The molecule has 0 saturated carbocycles. The second-order valence-corrected chi connectivity index (χ2v) is 1.65. The Morgan fingerprint density at radius 3 is 3.11 bits per heavy atom. The van der Waals surface area contributed by atoms with E-state index < -0.39 is 0 Å². The molecule has 0 saturated heterocycles. The van der Waals surface area contributed by atoms with Crippen LogP contribution in [-0.4, -0.2) is 9.78 Å². The van der Waals surface area contributed by atoms with Gasteiger partial charge in [-0.1, -0.05) is 6.58 Å². The summed E-state index contributed by atoms with van der Waals surface area (Å²) in [6, 6.07) is 1.86. The average Bonchev–Trinajstić information content (AvgIpc) is 2.33. The molecule has 0 atom stereocenters. The molecule has 2 N–H and O–H groups in total. The Balaban J connectivity index is 2.98. The molecule has 0 aliphatic rings. The second kappa shape index (κ2) is 2.46. The molecule has 0 spiro atoms. The summed E-state index contributed by atoms with van der Waals surface area (Å²) in [7, 11) is 0. The first-order valence-electron chi connectivity index (χ1n) is 2.73. The maximum absolute atomic E-state index is 5.36. The maximum atomic E-state index is 5.36. The van der Waals surface area contributed by atoms with Crippen LogP contribution in [0.5, 0.6) is 0 Å². The highest BCUT2D eigenvalue weighted by Crippen LogP contribution is 1.95. The molecule has 3 nitrogen and oxygen atoms in total. The van der Waals surface area contributed by atoms with Gasteiger partial charge < -0.3 is 5.73 Å². The smallest absolute Gasteiger partial charge is 0.0571 e. The topological polar surface area (TPSA) is 43.8 Å². The van der Waals surface area contributed by atoms with Crippen LogP contribution in [0.3, 0.4) is 0 Å². The zero-order chi connectivity index (χ0) is 6.69. The van der Waals surface area contributed by atoms with Gasteiger partial charge in [0.15, 0.2) is 0 Å². The lowest BCUT2D eigenvalue weighted by atomic mass is 10.4. The molecule has 0 aliphatic heterocycles. The quantitative estimate of drug-likeness (QED) is 0.620. The van der Waals surface area contributed by atoms with E-state index in [1.165, 1.54) is 0 Å². The van der Waals surface area contributed by atoms with Crippen LogP contribution in [0, 0.1) is 0 Å². The fourth-order valence-electron chi connectivity index (χ4n) is 0.668. The summed E-state index contributed by atoms with van der Waals surface area (Å²) in [6.07, 6.45) is 3.33. The van der Waals surface area contributed by atoms with Gasteiger partial charge in [-0.2, -0.15) is 5.10 Å². The van der Waals surface area contributed by atoms with Gasteiger partial charge in [-0.05, 0) is 6.07 Å². The van der Waals surface area contributed by atoms with Crippen molar-refractivity contribution in [2.75, 3.05) is 0 Å². The highest BCUT2D eigenvalue weighted by Gasteiger charge is 1.92. The minimum absolute atomic E-state index is 0.506. The molecule has 0 bridgehead atoms. The van der Waals surface area contributed by atoms with E-state index in [1.54, 1.807) is 17.1 Å². The first-order chi connectivity index (χ1) is 4.38. The van der Waals surface area contributed by atoms with Gasteiger partial charge in [0, 0.05) is 18.9 Å². The molecule has 0 fully saturated rings. The van der Waals surface area contributed by atoms with E-state index in [0.717, 1.165) is 5.69 Å². The van der Waals surface area contributed by atoms with E-state index in [1.807, 2.05) is 6.07 Å². The molecule has 9 heavy (non-hydrogen) atoms. The van der Waals surface area contributed by atoms with Gasteiger partial charge in [-0.25, -0.2) is 4.68 Å².